The molecule has 0 atom stereocenters. The van der Waals surface area contributed by atoms with Crippen LogP contribution in [0.1, 0.15) is 16.7 Å². The van der Waals surface area contributed by atoms with Gasteiger partial charge in [-0.05, 0) is 60.0 Å². The first-order valence-corrected chi connectivity index (χ1v) is 11.9. The number of hydrogen-bond donors (Lipinski definition) is 1. The van der Waals surface area contributed by atoms with Crippen LogP contribution in [0.5, 0.6) is 0 Å². The van der Waals surface area contributed by atoms with Crippen LogP contribution in [0, 0.1) is 0 Å². The lowest BCUT2D eigenvalue weighted by Crippen LogP contribution is -2.43. The number of nitrogens with one attached hydrogen (secondary N) is 1. The van der Waals surface area contributed by atoms with Crippen LogP contribution in [0.3, 0.4) is 0 Å². The van der Waals surface area contributed by atoms with E-state index >= 15 is 0 Å². The Hall–Kier alpha value is -3.23. The Balaban J connectivity index is 1.48. The third kappa shape index (κ3) is 6.26. The topological polar surface area (TPSA) is 49.4 Å². The van der Waals surface area contributed by atoms with Gasteiger partial charge in [0.2, 0.25) is 5.91 Å². The fraction of sp³-hybridized carbons (Fsp3) is 0.154. The molecule has 4 nitrogen and oxygen atoms in total. The van der Waals surface area contributed by atoms with Crippen molar-refractivity contribution in [2.24, 2.45) is 0 Å². The second-order valence-electron chi connectivity index (χ2n) is 7.82. The molecule has 3 aromatic rings. The molecular formula is C26H20ClF3N2O2S. The number of thioether (sulfide) groups is 1. The number of carbonyl (C=O) groups excluding carboxylic acids is 2. The first kappa shape index (κ1) is 24.9. The van der Waals surface area contributed by atoms with Gasteiger partial charge in [-0.15, -0.1) is 0 Å². The highest BCUT2D eigenvalue weighted by Crippen LogP contribution is 2.42. The Morgan fingerprint density at radius 2 is 1.69 bits per heavy atom. The van der Waals surface area contributed by atoms with Crippen molar-refractivity contribution in [1.29, 1.82) is 0 Å². The van der Waals surface area contributed by atoms with E-state index in [0.717, 1.165) is 22.6 Å². The minimum atomic E-state index is -4.43. The molecule has 0 unspecified atom stereocenters. The summed E-state index contributed by atoms with van der Waals surface area (Å²) in [6.45, 7) is 0.217. The third-order valence-corrected chi connectivity index (χ3v) is 6.65. The van der Waals surface area contributed by atoms with Gasteiger partial charge < -0.3 is 5.32 Å². The van der Waals surface area contributed by atoms with E-state index in [4.69, 9.17) is 11.6 Å². The van der Waals surface area contributed by atoms with Crippen molar-refractivity contribution in [1.82, 2.24) is 5.32 Å². The number of fused-ring (bicyclic) bond motifs is 1. The summed E-state index contributed by atoms with van der Waals surface area (Å²) in [7, 11) is 0. The maximum Gasteiger partial charge on any atom is 0.416 e. The van der Waals surface area contributed by atoms with E-state index in [1.54, 1.807) is 24.3 Å². The van der Waals surface area contributed by atoms with Crippen LogP contribution in [-0.2, 0) is 22.2 Å². The largest absolute Gasteiger partial charge is 0.416 e. The van der Waals surface area contributed by atoms with Gasteiger partial charge in [0, 0.05) is 16.5 Å². The normalized spacial score (nSPS) is 14.7. The zero-order valence-electron chi connectivity index (χ0n) is 18.3. The lowest BCUT2D eigenvalue weighted by Gasteiger charge is -2.29. The van der Waals surface area contributed by atoms with Gasteiger partial charge in [-0.1, -0.05) is 59.8 Å². The first-order valence-electron chi connectivity index (χ1n) is 10.7. The van der Waals surface area contributed by atoms with E-state index in [2.05, 4.69) is 5.32 Å². The molecule has 1 aliphatic rings. The standard InChI is InChI=1S/C26H20ClF3N2O2S/c27-20-11-7-17(8-12-20)13-14-31-24(33)16-32-21-3-1-2-4-22(21)35-23(25(32)34)15-18-5-9-19(10-6-18)26(28,29)30/h1-12,15H,13-14,16H2,(H,31,33)/b23-15+. The lowest BCUT2D eigenvalue weighted by molar-refractivity contribution is -0.137. The molecule has 0 fully saturated rings. The number of rotatable bonds is 6. The number of nitrogens with zero attached hydrogens (tertiary/aromatic N) is 1. The van der Waals surface area contributed by atoms with E-state index in [1.165, 1.54) is 34.9 Å². The SMILES string of the molecule is O=C(CN1C(=O)/C(=C\c2ccc(C(F)(F)F)cc2)Sc2ccccc21)NCCc1ccc(Cl)cc1. The molecule has 0 radical (unpaired) electrons. The number of halogens is 4. The van der Waals surface area contributed by atoms with Crippen LogP contribution in [0.4, 0.5) is 18.9 Å². The van der Waals surface area contributed by atoms with Crippen molar-refractivity contribution in [3.63, 3.8) is 0 Å². The summed E-state index contributed by atoms with van der Waals surface area (Å²) in [5.74, 6) is -0.704. The molecule has 3 aromatic carbocycles. The Bertz CT molecular complexity index is 1260. The number of carbonyl (C=O) groups is 2. The molecule has 9 heteroatoms. The molecule has 4 rings (SSSR count). The highest BCUT2D eigenvalue weighted by atomic mass is 35.5. The summed E-state index contributed by atoms with van der Waals surface area (Å²) in [5.41, 5.74) is 1.33. The monoisotopic (exact) mass is 516 g/mol. The van der Waals surface area contributed by atoms with Gasteiger partial charge in [-0.3, -0.25) is 14.5 Å². The number of benzene rings is 3. The lowest BCUT2D eigenvalue weighted by atomic mass is 10.1. The quantitative estimate of drug-likeness (QED) is 0.397. The summed E-state index contributed by atoms with van der Waals surface area (Å²) < 4.78 is 38.6. The van der Waals surface area contributed by atoms with Gasteiger partial charge in [0.15, 0.2) is 0 Å². The molecule has 0 aromatic heterocycles. The van der Waals surface area contributed by atoms with Crippen molar-refractivity contribution in [2.75, 3.05) is 18.0 Å². The Morgan fingerprint density at radius 1 is 1.00 bits per heavy atom. The molecule has 35 heavy (non-hydrogen) atoms. The van der Waals surface area contributed by atoms with Crippen molar-refractivity contribution in [2.45, 2.75) is 17.5 Å². The predicted molar refractivity (Wildman–Crippen MR) is 132 cm³/mol. The van der Waals surface area contributed by atoms with Crippen LogP contribution >= 0.6 is 23.4 Å². The summed E-state index contributed by atoms with van der Waals surface area (Å²) in [4.78, 5) is 28.4. The number of anilines is 1. The third-order valence-electron chi connectivity index (χ3n) is 5.32. The molecule has 0 bridgehead atoms. The Kier molecular flexibility index (Phi) is 7.52. The Labute approximate surface area is 209 Å². The van der Waals surface area contributed by atoms with E-state index < -0.39 is 11.7 Å². The van der Waals surface area contributed by atoms with E-state index in [-0.39, 0.29) is 18.4 Å². The smallest absolute Gasteiger partial charge is 0.354 e. The molecule has 0 saturated heterocycles. The summed E-state index contributed by atoms with van der Waals surface area (Å²) in [5, 5.41) is 3.47. The minimum Gasteiger partial charge on any atom is -0.354 e. The second kappa shape index (κ2) is 10.6. The van der Waals surface area contributed by atoms with E-state index in [0.29, 0.717) is 34.1 Å². The number of alkyl halides is 3. The predicted octanol–water partition coefficient (Wildman–Crippen LogP) is 6.20. The fourth-order valence-corrected chi connectivity index (χ4v) is 4.72. The van der Waals surface area contributed by atoms with Gasteiger partial charge in [-0.2, -0.15) is 13.2 Å². The highest BCUT2D eigenvalue weighted by Gasteiger charge is 2.31. The number of amides is 2. The summed E-state index contributed by atoms with van der Waals surface area (Å²) in [6, 6.07) is 19.1. The zero-order valence-corrected chi connectivity index (χ0v) is 19.9. The van der Waals surface area contributed by atoms with Crippen LogP contribution < -0.4 is 10.2 Å². The molecule has 1 heterocycles. The van der Waals surface area contributed by atoms with E-state index in [9.17, 15) is 22.8 Å². The average Bonchev–Trinajstić information content (AvgIpc) is 2.83. The van der Waals surface area contributed by atoms with Crippen molar-refractivity contribution in [3.05, 3.63) is 99.4 Å². The molecule has 1 aliphatic heterocycles. The maximum absolute atomic E-state index is 13.2. The summed E-state index contributed by atoms with van der Waals surface area (Å²) in [6.07, 6.45) is -2.28. The molecule has 2 amide bonds. The minimum absolute atomic E-state index is 0.179. The first-order chi connectivity index (χ1) is 16.7. The van der Waals surface area contributed by atoms with Crippen molar-refractivity contribution < 1.29 is 22.8 Å². The molecule has 0 spiro atoms. The van der Waals surface area contributed by atoms with Crippen molar-refractivity contribution in [3.8, 4) is 0 Å². The molecular weight excluding hydrogens is 497 g/mol. The van der Waals surface area contributed by atoms with Crippen LogP contribution in [-0.4, -0.2) is 24.9 Å². The van der Waals surface area contributed by atoms with Crippen molar-refractivity contribution >= 4 is 46.9 Å². The fourth-order valence-electron chi connectivity index (χ4n) is 3.54. The zero-order chi connectivity index (χ0) is 25.0. The molecule has 0 aliphatic carbocycles. The van der Waals surface area contributed by atoms with Crippen LogP contribution in [0.25, 0.3) is 6.08 Å². The van der Waals surface area contributed by atoms with Gasteiger partial charge in [0.05, 0.1) is 16.2 Å². The van der Waals surface area contributed by atoms with Crippen LogP contribution in [0.15, 0.2) is 82.6 Å². The second-order valence-corrected chi connectivity index (χ2v) is 9.34. The van der Waals surface area contributed by atoms with Crippen LogP contribution in [0.2, 0.25) is 5.02 Å². The van der Waals surface area contributed by atoms with E-state index in [1.807, 2.05) is 24.3 Å². The number of para-hydroxylation sites is 1. The summed E-state index contributed by atoms with van der Waals surface area (Å²) >= 11 is 7.11. The molecule has 180 valence electrons. The van der Waals surface area contributed by atoms with Gasteiger partial charge in [0.1, 0.15) is 6.54 Å². The Morgan fingerprint density at radius 3 is 2.37 bits per heavy atom. The molecule has 1 N–H and O–H groups in total. The van der Waals surface area contributed by atoms with Gasteiger partial charge >= 0.3 is 6.18 Å². The maximum atomic E-state index is 13.2. The highest BCUT2D eigenvalue weighted by molar-refractivity contribution is 8.04. The van der Waals surface area contributed by atoms with Gasteiger partial charge in [-0.25, -0.2) is 0 Å². The molecule has 0 saturated carbocycles. The van der Waals surface area contributed by atoms with Gasteiger partial charge in [0.25, 0.3) is 5.91 Å². The average molecular weight is 517 g/mol. The number of hydrogen-bond acceptors (Lipinski definition) is 3.